The first kappa shape index (κ1) is 21.8. The first-order valence-electron chi connectivity index (χ1n) is 11.1. The topological polar surface area (TPSA) is 59.2 Å². The molecule has 1 aromatic heterocycles. The molecule has 1 saturated heterocycles. The third kappa shape index (κ3) is 5.42. The first-order valence-corrected chi connectivity index (χ1v) is 11.9. The molecule has 0 aliphatic carbocycles. The minimum Gasteiger partial charge on any atom is -0.339 e. The number of amides is 1. The highest BCUT2D eigenvalue weighted by molar-refractivity contribution is 9.10. The van der Waals surface area contributed by atoms with Crippen LogP contribution >= 0.6 is 15.9 Å². The Bertz CT molecular complexity index is 998. The lowest BCUT2D eigenvalue weighted by molar-refractivity contribution is 0.0695. The Hall–Kier alpha value is -2.47. The Labute approximate surface area is 192 Å². The van der Waals surface area contributed by atoms with Gasteiger partial charge in [-0.25, -0.2) is 0 Å². The van der Waals surface area contributed by atoms with E-state index in [2.05, 4.69) is 45.1 Å². The van der Waals surface area contributed by atoms with Gasteiger partial charge in [-0.05, 0) is 67.6 Å². The standard InChI is InChI=1S/C25H28BrN3O2/c1-2-3-4-6-18-8-10-20(11-9-18)25(30)29-16-5-7-21(17-29)24-27-23(28-31-24)19-12-14-22(26)15-13-19/h8-15,21H,2-7,16-17H2,1H3/t21-/m1/s1. The average molecular weight is 482 g/mol. The van der Waals surface area contributed by atoms with Crippen LogP contribution in [0.1, 0.15) is 66.8 Å². The number of nitrogens with zero attached hydrogens (tertiary/aromatic N) is 3. The summed E-state index contributed by atoms with van der Waals surface area (Å²) >= 11 is 3.44. The second kappa shape index (κ2) is 10.2. The van der Waals surface area contributed by atoms with Gasteiger partial charge >= 0.3 is 0 Å². The van der Waals surface area contributed by atoms with E-state index >= 15 is 0 Å². The summed E-state index contributed by atoms with van der Waals surface area (Å²) in [6.45, 7) is 3.59. The Kier molecular flexibility index (Phi) is 7.17. The van der Waals surface area contributed by atoms with Crippen molar-refractivity contribution in [2.45, 2.75) is 51.4 Å². The van der Waals surface area contributed by atoms with Crippen molar-refractivity contribution in [2.75, 3.05) is 13.1 Å². The highest BCUT2D eigenvalue weighted by Crippen LogP contribution is 2.29. The smallest absolute Gasteiger partial charge is 0.253 e. The molecule has 6 heteroatoms. The van der Waals surface area contributed by atoms with E-state index in [1.54, 1.807) is 0 Å². The van der Waals surface area contributed by atoms with E-state index in [9.17, 15) is 4.79 Å². The molecular formula is C25H28BrN3O2. The maximum absolute atomic E-state index is 13.1. The molecule has 162 valence electrons. The highest BCUT2D eigenvalue weighted by Gasteiger charge is 2.29. The molecule has 1 amide bonds. The van der Waals surface area contributed by atoms with Crippen LogP contribution in [0.5, 0.6) is 0 Å². The molecule has 0 N–H and O–H groups in total. The fourth-order valence-electron chi connectivity index (χ4n) is 4.06. The van der Waals surface area contributed by atoms with Crippen molar-refractivity contribution in [3.05, 3.63) is 70.0 Å². The lowest BCUT2D eigenvalue weighted by Gasteiger charge is -2.31. The van der Waals surface area contributed by atoms with Crippen molar-refractivity contribution in [1.82, 2.24) is 15.0 Å². The summed E-state index contributed by atoms with van der Waals surface area (Å²) in [7, 11) is 0. The molecule has 0 saturated carbocycles. The van der Waals surface area contributed by atoms with Crippen molar-refractivity contribution in [1.29, 1.82) is 0 Å². The van der Waals surface area contributed by atoms with Crippen LogP contribution in [0.4, 0.5) is 0 Å². The number of rotatable bonds is 7. The van der Waals surface area contributed by atoms with Gasteiger partial charge in [-0.1, -0.05) is 53.0 Å². The number of unbranched alkanes of at least 4 members (excludes halogenated alkanes) is 2. The first-order chi connectivity index (χ1) is 15.1. The normalized spacial score (nSPS) is 16.5. The molecule has 0 unspecified atom stereocenters. The number of halogens is 1. The Balaban J connectivity index is 1.40. The third-order valence-electron chi connectivity index (χ3n) is 5.87. The Morgan fingerprint density at radius 2 is 1.90 bits per heavy atom. The Morgan fingerprint density at radius 3 is 2.65 bits per heavy atom. The summed E-state index contributed by atoms with van der Waals surface area (Å²) in [4.78, 5) is 19.6. The molecule has 1 atom stereocenters. The quantitative estimate of drug-likeness (QED) is 0.374. The van der Waals surface area contributed by atoms with Crippen LogP contribution < -0.4 is 0 Å². The van der Waals surface area contributed by atoms with Crippen LogP contribution in [0, 0.1) is 0 Å². The zero-order valence-electron chi connectivity index (χ0n) is 17.9. The van der Waals surface area contributed by atoms with Gasteiger partial charge in [0.25, 0.3) is 5.91 Å². The highest BCUT2D eigenvalue weighted by atomic mass is 79.9. The number of piperidine rings is 1. The van der Waals surface area contributed by atoms with Crippen molar-refractivity contribution in [3.8, 4) is 11.4 Å². The van der Waals surface area contributed by atoms with Crippen LogP contribution in [0.15, 0.2) is 57.5 Å². The molecule has 1 aliphatic heterocycles. The predicted molar refractivity (Wildman–Crippen MR) is 125 cm³/mol. The van der Waals surface area contributed by atoms with Crippen LogP contribution in [0.3, 0.4) is 0 Å². The fourth-order valence-corrected chi connectivity index (χ4v) is 4.32. The van der Waals surface area contributed by atoms with Crippen molar-refractivity contribution in [3.63, 3.8) is 0 Å². The number of likely N-dealkylation sites (tertiary alicyclic amines) is 1. The SMILES string of the molecule is CCCCCc1ccc(C(=O)N2CCC[C@@H](c3nc(-c4ccc(Br)cc4)no3)C2)cc1. The van der Waals surface area contributed by atoms with Crippen LogP contribution in [-0.4, -0.2) is 34.0 Å². The van der Waals surface area contributed by atoms with E-state index in [0.29, 0.717) is 18.3 Å². The molecule has 2 heterocycles. The van der Waals surface area contributed by atoms with E-state index < -0.39 is 0 Å². The van der Waals surface area contributed by atoms with Gasteiger partial charge in [-0.2, -0.15) is 4.98 Å². The summed E-state index contributed by atoms with van der Waals surface area (Å²) in [6, 6.07) is 15.9. The Morgan fingerprint density at radius 1 is 1.13 bits per heavy atom. The van der Waals surface area contributed by atoms with Gasteiger partial charge in [-0.3, -0.25) is 4.79 Å². The van der Waals surface area contributed by atoms with Crippen molar-refractivity contribution >= 4 is 21.8 Å². The molecule has 0 radical (unpaired) electrons. The summed E-state index contributed by atoms with van der Waals surface area (Å²) < 4.78 is 6.58. The van der Waals surface area contributed by atoms with Crippen LogP contribution in [-0.2, 0) is 6.42 Å². The van der Waals surface area contributed by atoms with Gasteiger partial charge in [0, 0.05) is 28.7 Å². The molecule has 1 fully saturated rings. The summed E-state index contributed by atoms with van der Waals surface area (Å²) in [5, 5.41) is 4.15. The molecular weight excluding hydrogens is 454 g/mol. The van der Waals surface area contributed by atoms with E-state index in [1.807, 2.05) is 41.3 Å². The zero-order valence-corrected chi connectivity index (χ0v) is 19.5. The number of aromatic nitrogens is 2. The van der Waals surface area contributed by atoms with E-state index in [-0.39, 0.29) is 11.8 Å². The van der Waals surface area contributed by atoms with Crippen LogP contribution in [0.2, 0.25) is 0 Å². The summed E-state index contributed by atoms with van der Waals surface area (Å²) in [5.74, 6) is 1.35. The monoisotopic (exact) mass is 481 g/mol. The molecule has 2 aromatic carbocycles. The molecule has 4 rings (SSSR count). The summed E-state index contributed by atoms with van der Waals surface area (Å²) in [5.41, 5.74) is 2.97. The third-order valence-corrected chi connectivity index (χ3v) is 6.40. The largest absolute Gasteiger partial charge is 0.339 e. The fraction of sp³-hybridized carbons (Fsp3) is 0.400. The van der Waals surface area contributed by atoms with Crippen LogP contribution in [0.25, 0.3) is 11.4 Å². The van der Waals surface area contributed by atoms with Gasteiger partial charge in [-0.15, -0.1) is 0 Å². The molecule has 0 bridgehead atoms. The molecule has 31 heavy (non-hydrogen) atoms. The van der Waals surface area contributed by atoms with E-state index in [1.165, 1.54) is 24.8 Å². The molecule has 1 aliphatic rings. The van der Waals surface area contributed by atoms with E-state index in [0.717, 1.165) is 41.4 Å². The minimum atomic E-state index is 0.0720. The molecule has 3 aromatic rings. The minimum absolute atomic E-state index is 0.0720. The summed E-state index contributed by atoms with van der Waals surface area (Å²) in [6.07, 6.45) is 6.62. The number of carbonyl (C=O) groups excluding carboxylic acids is 1. The van der Waals surface area contributed by atoms with Gasteiger partial charge in [0.15, 0.2) is 0 Å². The lowest BCUT2D eigenvalue weighted by atomic mass is 9.97. The van der Waals surface area contributed by atoms with Crippen molar-refractivity contribution < 1.29 is 9.32 Å². The number of carbonyl (C=O) groups is 1. The van der Waals surface area contributed by atoms with Gasteiger partial charge in [0.05, 0.1) is 5.92 Å². The zero-order chi connectivity index (χ0) is 21.6. The second-order valence-corrected chi connectivity index (χ2v) is 9.12. The molecule has 5 nitrogen and oxygen atoms in total. The maximum Gasteiger partial charge on any atom is 0.253 e. The lowest BCUT2D eigenvalue weighted by Crippen LogP contribution is -2.39. The van der Waals surface area contributed by atoms with Gasteiger partial charge in [0.2, 0.25) is 11.7 Å². The number of benzene rings is 2. The molecule has 0 spiro atoms. The predicted octanol–water partition coefficient (Wildman–Crippen LogP) is 6.25. The second-order valence-electron chi connectivity index (χ2n) is 8.21. The van der Waals surface area contributed by atoms with Gasteiger partial charge in [0.1, 0.15) is 0 Å². The number of hydrogen-bond acceptors (Lipinski definition) is 4. The number of hydrogen-bond donors (Lipinski definition) is 0. The average Bonchev–Trinajstić information content (AvgIpc) is 3.30. The van der Waals surface area contributed by atoms with E-state index in [4.69, 9.17) is 4.52 Å². The number of aryl methyl sites for hydroxylation is 1. The van der Waals surface area contributed by atoms with Gasteiger partial charge < -0.3 is 9.42 Å². The van der Waals surface area contributed by atoms with Crippen molar-refractivity contribution in [2.24, 2.45) is 0 Å². The maximum atomic E-state index is 13.1.